The van der Waals surface area contributed by atoms with E-state index in [2.05, 4.69) is 5.10 Å². The fraction of sp³-hybridized carbons (Fsp3) is 0.200. The van der Waals surface area contributed by atoms with Crippen LogP contribution in [0, 0.1) is 6.92 Å². The van der Waals surface area contributed by atoms with Gasteiger partial charge in [0.25, 0.3) is 11.5 Å². The molecule has 0 bridgehead atoms. The van der Waals surface area contributed by atoms with Gasteiger partial charge in [-0.25, -0.2) is 9.69 Å². The molecule has 0 saturated heterocycles. The summed E-state index contributed by atoms with van der Waals surface area (Å²) in [6.07, 6.45) is 0.542. The second kappa shape index (κ2) is 10.1. The van der Waals surface area contributed by atoms with E-state index in [-0.39, 0.29) is 30.8 Å². The van der Waals surface area contributed by atoms with Gasteiger partial charge in [-0.05, 0) is 66.6 Å². The fourth-order valence-electron chi connectivity index (χ4n) is 4.72. The Morgan fingerprint density at radius 1 is 0.949 bits per heavy atom. The van der Waals surface area contributed by atoms with Crippen LogP contribution in [0.5, 0.6) is 17.2 Å². The molecule has 4 aromatic rings. The molecule has 2 aliphatic rings. The van der Waals surface area contributed by atoms with Crippen molar-refractivity contribution in [3.8, 4) is 28.5 Å². The van der Waals surface area contributed by atoms with E-state index in [4.69, 9.17) is 19.3 Å². The van der Waals surface area contributed by atoms with Crippen molar-refractivity contribution in [2.24, 2.45) is 5.10 Å². The number of carbonyl (C=O) groups is 1. The number of aromatic nitrogens is 2. The molecule has 1 unspecified atom stereocenters. The SMILES string of the molecule is COc1ccc(C2=NN(C(=O)Cn3nc(-c4ccc5c(c4)OCO5)ccc3=O)C(c3ccc(C)cc3)C2)cc1. The molecular weight excluding hydrogens is 496 g/mol. The van der Waals surface area contributed by atoms with Gasteiger partial charge < -0.3 is 14.2 Å². The summed E-state index contributed by atoms with van der Waals surface area (Å²) >= 11 is 0. The molecule has 39 heavy (non-hydrogen) atoms. The summed E-state index contributed by atoms with van der Waals surface area (Å²) in [5.41, 5.74) is 4.70. The third kappa shape index (κ3) is 4.86. The standard InChI is InChI=1S/C30H26N4O5/c1-19-3-5-21(6-4-19)26-16-25(20-7-10-23(37-2)11-8-20)32-34(26)30(36)17-33-29(35)14-12-24(31-33)22-9-13-27-28(15-22)39-18-38-27/h3-15,26H,16-18H2,1-2H3. The Hall–Kier alpha value is -4.92. The highest BCUT2D eigenvalue weighted by atomic mass is 16.7. The number of rotatable bonds is 6. The molecule has 3 aromatic carbocycles. The highest BCUT2D eigenvalue weighted by Crippen LogP contribution is 2.36. The van der Waals surface area contributed by atoms with Crippen molar-refractivity contribution in [3.63, 3.8) is 0 Å². The molecule has 3 heterocycles. The number of carbonyl (C=O) groups excluding carboxylic acids is 1. The number of amides is 1. The molecule has 0 radical (unpaired) electrons. The van der Waals surface area contributed by atoms with Gasteiger partial charge in [-0.1, -0.05) is 29.8 Å². The summed E-state index contributed by atoms with van der Waals surface area (Å²) < 4.78 is 17.3. The molecule has 196 valence electrons. The van der Waals surface area contributed by atoms with Crippen LogP contribution < -0.4 is 19.8 Å². The minimum absolute atomic E-state index is 0.164. The van der Waals surface area contributed by atoms with Crippen molar-refractivity contribution < 1.29 is 19.0 Å². The quantitative estimate of drug-likeness (QED) is 0.374. The van der Waals surface area contributed by atoms with Gasteiger partial charge in [0.05, 0.1) is 24.6 Å². The number of hydrazone groups is 1. The number of aryl methyl sites for hydroxylation is 1. The maximum atomic E-state index is 13.7. The molecule has 6 rings (SSSR count). The Labute approximate surface area is 224 Å². The molecule has 1 amide bonds. The Kier molecular flexibility index (Phi) is 6.32. The predicted octanol–water partition coefficient (Wildman–Crippen LogP) is 4.33. The second-order valence-corrected chi connectivity index (χ2v) is 9.43. The van der Waals surface area contributed by atoms with Crippen LogP contribution in [0.2, 0.25) is 0 Å². The van der Waals surface area contributed by atoms with Crippen LogP contribution in [0.4, 0.5) is 0 Å². The first-order valence-corrected chi connectivity index (χ1v) is 12.6. The Morgan fingerprint density at radius 3 is 2.46 bits per heavy atom. The van der Waals surface area contributed by atoms with Crippen molar-refractivity contribution >= 4 is 11.6 Å². The van der Waals surface area contributed by atoms with Crippen LogP contribution >= 0.6 is 0 Å². The van der Waals surface area contributed by atoms with Crippen molar-refractivity contribution in [2.45, 2.75) is 25.9 Å². The summed E-state index contributed by atoms with van der Waals surface area (Å²) in [4.78, 5) is 26.4. The maximum Gasteiger partial charge on any atom is 0.267 e. The summed E-state index contributed by atoms with van der Waals surface area (Å²) in [6.45, 7) is 1.93. The molecule has 0 saturated carbocycles. The van der Waals surface area contributed by atoms with E-state index in [0.29, 0.717) is 23.6 Å². The monoisotopic (exact) mass is 522 g/mol. The lowest BCUT2D eigenvalue weighted by Gasteiger charge is -2.22. The summed E-state index contributed by atoms with van der Waals surface area (Å²) in [7, 11) is 1.62. The first-order chi connectivity index (χ1) is 19.0. The van der Waals surface area contributed by atoms with Gasteiger partial charge in [0.15, 0.2) is 11.5 Å². The molecule has 0 aliphatic carbocycles. The number of methoxy groups -OCH3 is 1. The number of benzene rings is 3. The van der Waals surface area contributed by atoms with Crippen molar-refractivity contribution in [1.82, 2.24) is 14.8 Å². The third-order valence-corrected chi connectivity index (χ3v) is 6.87. The Bertz CT molecular complexity index is 1630. The molecule has 9 heteroatoms. The van der Waals surface area contributed by atoms with E-state index in [1.807, 2.05) is 61.5 Å². The zero-order valence-corrected chi connectivity index (χ0v) is 21.5. The van der Waals surface area contributed by atoms with Gasteiger partial charge in [0, 0.05) is 18.1 Å². The maximum absolute atomic E-state index is 13.7. The van der Waals surface area contributed by atoms with Crippen LogP contribution in [-0.2, 0) is 11.3 Å². The van der Waals surface area contributed by atoms with E-state index in [9.17, 15) is 9.59 Å². The number of nitrogens with zero attached hydrogens (tertiary/aromatic N) is 4. The average Bonchev–Trinajstić information content (AvgIpc) is 3.62. The van der Waals surface area contributed by atoms with Crippen LogP contribution in [0.25, 0.3) is 11.3 Å². The molecule has 0 N–H and O–H groups in total. The lowest BCUT2D eigenvalue weighted by molar-refractivity contribution is -0.133. The van der Waals surface area contributed by atoms with Gasteiger partial charge in [0.2, 0.25) is 6.79 Å². The molecule has 1 aromatic heterocycles. The molecular formula is C30H26N4O5. The van der Waals surface area contributed by atoms with Gasteiger partial charge in [-0.3, -0.25) is 9.59 Å². The van der Waals surface area contributed by atoms with Crippen molar-refractivity contribution in [1.29, 1.82) is 0 Å². The highest BCUT2D eigenvalue weighted by molar-refractivity contribution is 6.03. The Morgan fingerprint density at radius 2 is 1.69 bits per heavy atom. The number of hydrogen-bond acceptors (Lipinski definition) is 7. The lowest BCUT2D eigenvalue weighted by atomic mass is 9.97. The minimum Gasteiger partial charge on any atom is -0.497 e. The van der Waals surface area contributed by atoms with E-state index < -0.39 is 0 Å². The minimum atomic E-state index is -0.377. The zero-order chi connectivity index (χ0) is 26.9. The zero-order valence-electron chi connectivity index (χ0n) is 21.5. The average molecular weight is 523 g/mol. The van der Waals surface area contributed by atoms with E-state index in [1.165, 1.54) is 15.8 Å². The summed E-state index contributed by atoms with van der Waals surface area (Å²) in [5, 5.41) is 10.7. The molecule has 2 aliphatic heterocycles. The normalized spacial score (nSPS) is 15.8. The second-order valence-electron chi connectivity index (χ2n) is 9.43. The van der Waals surface area contributed by atoms with Gasteiger partial charge in [-0.15, -0.1) is 0 Å². The highest BCUT2D eigenvalue weighted by Gasteiger charge is 2.33. The molecule has 1 atom stereocenters. The lowest BCUT2D eigenvalue weighted by Crippen LogP contribution is -2.34. The Balaban J connectivity index is 1.30. The van der Waals surface area contributed by atoms with Gasteiger partial charge in [-0.2, -0.15) is 10.2 Å². The van der Waals surface area contributed by atoms with Crippen LogP contribution in [-0.4, -0.2) is 40.3 Å². The molecule has 0 spiro atoms. The predicted molar refractivity (Wildman–Crippen MR) is 145 cm³/mol. The van der Waals surface area contributed by atoms with E-state index in [0.717, 1.165) is 33.7 Å². The largest absolute Gasteiger partial charge is 0.497 e. The molecule has 9 nitrogen and oxygen atoms in total. The summed E-state index contributed by atoms with van der Waals surface area (Å²) in [6, 6.07) is 23.8. The first kappa shape index (κ1) is 24.4. The smallest absolute Gasteiger partial charge is 0.267 e. The topological polar surface area (TPSA) is 95.2 Å². The number of ether oxygens (including phenoxy) is 3. The fourth-order valence-corrected chi connectivity index (χ4v) is 4.72. The van der Waals surface area contributed by atoms with Crippen LogP contribution in [0.1, 0.15) is 29.2 Å². The van der Waals surface area contributed by atoms with E-state index >= 15 is 0 Å². The first-order valence-electron chi connectivity index (χ1n) is 12.6. The van der Waals surface area contributed by atoms with Gasteiger partial charge in [0.1, 0.15) is 12.3 Å². The number of hydrogen-bond donors (Lipinski definition) is 0. The summed E-state index contributed by atoms with van der Waals surface area (Å²) in [5.74, 6) is 1.68. The third-order valence-electron chi connectivity index (χ3n) is 6.87. The van der Waals surface area contributed by atoms with Crippen molar-refractivity contribution in [3.05, 3.63) is 106 Å². The van der Waals surface area contributed by atoms with Crippen molar-refractivity contribution in [2.75, 3.05) is 13.9 Å². The molecule has 0 fully saturated rings. The number of fused-ring (bicyclic) bond motifs is 1. The van der Waals surface area contributed by atoms with Crippen LogP contribution in [0.3, 0.4) is 0 Å². The van der Waals surface area contributed by atoms with E-state index in [1.54, 1.807) is 25.3 Å². The van der Waals surface area contributed by atoms with Crippen LogP contribution in [0.15, 0.2) is 88.8 Å². The van der Waals surface area contributed by atoms with Gasteiger partial charge >= 0.3 is 0 Å².